The van der Waals surface area contributed by atoms with Crippen molar-refractivity contribution in [3.05, 3.63) is 71.3 Å². The van der Waals surface area contributed by atoms with E-state index >= 15 is 0 Å². The van der Waals surface area contributed by atoms with E-state index in [0.29, 0.717) is 5.56 Å². The normalized spacial score (nSPS) is 11.9. The van der Waals surface area contributed by atoms with Crippen LogP contribution >= 0.6 is 0 Å². The van der Waals surface area contributed by atoms with Crippen molar-refractivity contribution in [2.45, 2.75) is 19.6 Å². The first kappa shape index (κ1) is 13.3. The molecule has 0 saturated carbocycles. The second kappa shape index (κ2) is 6.16. The quantitative estimate of drug-likeness (QED) is 0.854. The van der Waals surface area contributed by atoms with Crippen molar-refractivity contribution < 1.29 is 9.53 Å². The Morgan fingerprint density at radius 1 is 1.16 bits per heavy atom. The Morgan fingerprint density at radius 2 is 1.89 bits per heavy atom. The highest BCUT2D eigenvalue weighted by molar-refractivity contribution is 5.89. The van der Waals surface area contributed by atoms with Gasteiger partial charge in [-0.2, -0.15) is 0 Å². The summed E-state index contributed by atoms with van der Waals surface area (Å²) in [6, 6.07) is 16.7. The number of carbonyl (C=O) groups excluding carboxylic acids is 1. The van der Waals surface area contributed by atoms with Gasteiger partial charge in [0, 0.05) is 6.04 Å². The zero-order chi connectivity index (χ0) is 13.7. The second-order valence-corrected chi connectivity index (χ2v) is 4.48. The first-order valence-electron chi connectivity index (χ1n) is 6.23. The molecule has 0 radical (unpaired) electrons. The number of hydrogen-bond donors (Lipinski definition) is 1. The summed E-state index contributed by atoms with van der Waals surface area (Å²) >= 11 is 0. The van der Waals surface area contributed by atoms with Crippen molar-refractivity contribution in [3.63, 3.8) is 0 Å². The third-order valence-electron chi connectivity index (χ3n) is 2.86. The van der Waals surface area contributed by atoms with Crippen LogP contribution in [-0.2, 0) is 11.3 Å². The molecule has 0 saturated heterocycles. The predicted octanol–water partition coefficient (Wildman–Crippen LogP) is 3.06. The third-order valence-corrected chi connectivity index (χ3v) is 2.86. The minimum Gasteiger partial charge on any atom is -0.457 e. The molecule has 2 N–H and O–H groups in total. The van der Waals surface area contributed by atoms with E-state index in [-0.39, 0.29) is 18.6 Å². The average molecular weight is 255 g/mol. The van der Waals surface area contributed by atoms with E-state index in [2.05, 4.69) is 0 Å². The van der Waals surface area contributed by atoms with E-state index in [1.165, 1.54) is 0 Å². The Kier molecular flexibility index (Phi) is 4.31. The third kappa shape index (κ3) is 3.66. The second-order valence-electron chi connectivity index (χ2n) is 4.48. The zero-order valence-corrected chi connectivity index (χ0v) is 10.9. The molecule has 0 fully saturated rings. The average Bonchev–Trinajstić information content (AvgIpc) is 2.46. The minimum absolute atomic E-state index is 0.0234. The summed E-state index contributed by atoms with van der Waals surface area (Å²) in [5, 5.41) is 0. The van der Waals surface area contributed by atoms with Gasteiger partial charge in [-0.25, -0.2) is 4.79 Å². The Morgan fingerprint density at radius 3 is 2.58 bits per heavy atom. The lowest BCUT2D eigenvalue weighted by Crippen LogP contribution is -2.07. The van der Waals surface area contributed by atoms with E-state index in [1.807, 2.05) is 49.4 Å². The van der Waals surface area contributed by atoms with Gasteiger partial charge in [-0.1, -0.05) is 42.5 Å². The number of rotatable bonds is 4. The summed E-state index contributed by atoms with van der Waals surface area (Å²) in [6.45, 7) is 2.18. The van der Waals surface area contributed by atoms with Crippen LogP contribution in [0.3, 0.4) is 0 Å². The predicted molar refractivity (Wildman–Crippen MR) is 74.6 cm³/mol. The Labute approximate surface area is 113 Å². The van der Waals surface area contributed by atoms with Crippen molar-refractivity contribution in [3.8, 4) is 0 Å². The molecule has 2 rings (SSSR count). The van der Waals surface area contributed by atoms with E-state index in [0.717, 1.165) is 11.1 Å². The van der Waals surface area contributed by atoms with Crippen LogP contribution in [-0.4, -0.2) is 5.97 Å². The van der Waals surface area contributed by atoms with Crippen LogP contribution in [0.15, 0.2) is 54.6 Å². The minimum atomic E-state index is -0.313. The summed E-state index contributed by atoms with van der Waals surface area (Å²) in [5.41, 5.74) is 8.36. The molecule has 0 heterocycles. The molecule has 0 amide bonds. The van der Waals surface area contributed by atoms with Gasteiger partial charge in [0.15, 0.2) is 0 Å². The van der Waals surface area contributed by atoms with Crippen molar-refractivity contribution >= 4 is 5.97 Å². The largest absolute Gasteiger partial charge is 0.457 e. The van der Waals surface area contributed by atoms with Crippen molar-refractivity contribution in [1.29, 1.82) is 0 Å². The van der Waals surface area contributed by atoms with Gasteiger partial charge in [-0.15, -0.1) is 0 Å². The molecule has 3 nitrogen and oxygen atoms in total. The highest BCUT2D eigenvalue weighted by Crippen LogP contribution is 2.13. The van der Waals surface area contributed by atoms with Gasteiger partial charge in [-0.05, 0) is 30.2 Å². The molecule has 2 aromatic rings. The number of carbonyl (C=O) groups is 1. The summed E-state index contributed by atoms with van der Waals surface area (Å²) in [6.07, 6.45) is 0. The lowest BCUT2D eigenvalue weighted by Gasteiger charge is -2.09. The maximum atomic E-state index is 11.8. The summed E-state index contributed by atoms with van der Waals surface area (Å²) in [5.74, 6) is -0.313. The van der Waals surface area contributed by atoms with Crippen molar-refractivity contribution in [1.82, 2.24) is 0 Å². The highest BCUT2D eigenvalue weighted by atomic mass is 16.5. The number of hydrogen-bond acceptors (Lipinski definition) is 3. The molecule has 0 bridgehead atoms. The van der Waals surface area contributed by atoms with Gasteiger partial charge >= 0.3 is 5.97 Å². The highest BCUT2D eigenvalue weighted by Gasteiger charge is 2.07. The number of nitrogens with two attached hydrogens (primary N) is 1. The number of esters is 1. The molecular weight excluding hydrogens is 238 g/mol. The van der Waals surface area contributed by atoms with Gasteiger partial charge < -0.3 is 10.5 Å². The summed E-state index contributed by atoms with van der Waals surface area (Å²) in [7, 11) is 0. The molecule has 0 aliphatic rings. The van der Waals surface area contributed by atoms with Crippen molar-refractivity contribution in [2.24, 2.45) is 5.73 Å². The fraction of sp³-hybridized carbons (Fsp3) is 0.188. The van der Waals surface area contributed by atoms with Gasteiger partial charge in [0.1, 0.15) is 6.61 Å². The van der Waals surface area contributed by atoms with Crippen LogP contribution in [0.25, 0.3) is 0 Å². The zero-order valence-electron chi connectivity index (χ0n) is 10.9. The van der Waals surface area contributed by atoms with Crippen LogP contribution in [0.4, 0.5) is 0 Å². The first-order valence-corrected chi connectivity index (χ1v) is 6.23. The van der Waals surface area contributed by atoms with Gasteiger partial charge in [0.25, 0.3) is 0 Å². The molecule has 0 spiro atoms. The van der Waals surface area contributed by atoms with Gasteiger partial charge in [-0.3, -0.25) is 0 Å². The molecule has 3 heteroatoms. The fourth-order valence-corrected chi connectivity index (χ4v) is 1.77. The van der Waals surface area contributed by atoms with E-state index in [9.17, 15) is 4.79 Å². The Bertz CT molecular complexity index is 550. The summed E-state index contributed by atoms with van der Waals surface area (Å²) in [4.78, 5) is 11.8. The molecule has 98 valence electrons. The van der Waals surface area contributed by atoms with E-state index in [4.69, 9.17) is 10.5 Å². The van der Waals surface area contributed by atoms with Crippen LogP contribution in [0.1, 0.15) is 34.5 Å². The van der Waals surface area contributed by atoms with Crippen LogP contribution < -0.4 is 5.73 Å². The summed E-state index contributed by atoms with van der Waals surface area (Å²) < 4.78 is 5.27. The van der Waals surface area contributed by atoms with Crippen LogP contribution in [0.2, 0.25) is 0 Å². The smallest absolute Gasteiger partial charge is 0.338 e. The monoisotopic (exact) mass is 255 g/mol. The Balaban J connectivity index is 1.99. The molecular formula is C16H17NO2. The maximum Gasteiger partial charge on any atom is 0.338 e. The molecule has 0 aromatic heterocycles. The van der Waals surface area contributed by atoms with E-state index in [1.54, 1.807) is 12.1 Å². The molecule has 1 atom stereocenters. The lowest BCUT2D eigenvalue weighted by molar-refractivity contribution is 0.0472. The SMILES string of the molecule is CC(N)c1cccc(COC(=O)c2ccccc2)c1. The van der Waals surface area contributed by atoms with Gasteiger partial charge in [0.2, 0.25) is 0 Å². The topological polar surface area (TPSA) is 52.3 Å². The van der Waals surface area contributed by atoms with Gasteiger partial charge in [0.05, 0.1) is 5.56 Å². The fourth-order valence-electron chi connectivity index (χ4n) is 1.77. The molecule has 0 aliphatic carbocycles. The molecule has 2 aromatic carbocycles. The Hall–Kier alpha value is -2.13. The van der Waals surface area contributed by atoms with Crippen LogP contribution in [0, 0.1) is 0 Å². The van der Waals surface area contributed by atoms with E-state index < -0.39 is 0 Å². The standard InChI is InChI=1S/C16H17NO2/c1-12(17)15-9-5-6-13(10-15)11-19-16(18)14-7-3-2-4-8-14/h2-10,12H,11,17H2,1H3. The number of benzene rings is 2. The molecule has 19 heavy (non-hydrogen) atoms. The first-order chi connectivity index (χ1) is 9.16. The van der Waals surface area contributed by atoms with Crippen LogP contribution in [0.5, 0.6) is 0 Å². The van der Waals surface area contributed by atoms with Crippen molar-refractivity contribution in [2.75, 3.05) is 0 Å². The number of ether oxygens (including phenoxy) is 1. The maximum absolute atomic E-state index is 11.8. The lowest BCUT2D eigenvalue weighted by atomic mass is 10.1. The molecule has 0 aliphatic heterocycles. The molecule has 1 unspecified atom stereocenters.